The highest BCUT2D eigenvalue weighted by molar-refractivity contribution is 6.30. The van der Waals surface area contributed by atoms with Gasteiger partial charge in [0, 0.05) is 23.2 Å². The van der Waals surface area contributed by atoms with Crippen LogP contribution in [0.3, 0.4) is 0 Å². The molecule has 0 spiro atoms. The molecule has 1 aromatic rings. The molecule has 0 saturated carbocycles. The summed E-state index contributed by atoms with van der Waals surface area (Å²) in [5.41, 5.74) is 1.11. The Morgan fingerprint density at radius 3 is 2.58 bits per heavy atom. The van der Waals surface area contributed by atoms with E-state index >= 15 is 0 Å². The lowest BCUT2D eigenvalue weighted by Gasteiger charge is -2.20. The van der Waals surface area contributed by atoms with Gasteiger partial charge in [0.2, 0.25) is 0 Å². The molecule has 0 aliphatic carbocycles. The SMILES string of the molecule is CCN(CC)CCOc1ccc(Cl)cc1C(C)NC. The smallest absolute Gasteiger partial charge is 0.124 e. The summed E-state index contributed by atoms with van der Waals surface area (Å²) in [5.74, 6) is 0.915. The summed E-state index contributed by atoms with van der Waals surface area (Å²) in [6.45, 7) is 10.2. The minimum absolute atomic E-state index is 0.224. The van der Waals surface area contributed by atoms with Crippen LogP contribution in [-0.4, -0.2) is 38.2 Å². The lowest BCUT2D eigenvalue weighted by molar-refractivity contribution is 0.221. The molecular formula is C15H25ClN2O. The molecule has 0 saturated heterocycles. The summed E-state index contributed by atoms with van der Waals surface area (Å²) in [6, 6.07) is 6.02. The highest BCUT2D eigenvalue weighted by atomic mass is 35.5. The maximum Gasteiger partial charge on any atom is 0.124 e. The van der Waals surface area contributed by atoms with Crippen LogP contribution in [0.4, 0.5) is 0 Å². The van der Waals surface area contributed by atoms with Gasteiger partial charge in [0.15, 0.2) is 0 Å². The molecule has 4 heteroatoms. The fourth-order valence-corrected chi connectivity index (χ4v) is 2.15. The molecule has 19 heavy (non-hydrogen) atoms. The minimum atomic E-state index is 0.224. The van der Waals surface area contributed by atoms with Crippen LogP contribution in [0.15, 0.2) is 18.2 Å². The second-order valence-corrected chi connectivity index (χ2v) is 5.00. The summed E-state index contributed by atoms with van der Waals surface area (Å²) >= 11 is 6.06. The molecule has 1 rings (SSSR count). The Hall–Kier alpha value is -0.770. The third-order valence-corrected chi connectivity index (χ3v) is 3.67. The molecule has 1 unspecified atom stereocenters. The van der Waals surface area contributed by atoms with E-state index in [-0.39, 0.29) is 6.04 Å². The largest absolute Gasteiger partial charge is 0.492 e. The first-order valence-corrected chi connectivity index (χ1v) is 7.32. The first-order chi connectivity index (χ1) is 9.12. The number of ether oxygens (including phenoxy) is 1. The Morgan fingerprint density at radius 2 is 2.00 bits per heavy atom. The Balaban J connectivity index is 2.67. The molecule has 0 aliphatic heterocycles. The van der Waals surface area contributed by atoms with Crippen molar-refractivity contribution in [3.8, 4) is 5.75 Å². The molecule has 1 atom stereocenters. The van der Waals surface area contributed by atoms with Crippen LogP contribution >= 0.6 is 11.6 Å². The molecule has 1 aromatic carbocycles. The van der Waals surface area contributed by atoms with E-state index in [1.54, 1.807) is 0 Å². The Labute approximate surface area is 121 Å². The van der Waals surface area contributed by atoms with Gasteiger partial charge in [0.05, 0.1) is 0 Å². The van der Waals surface area contributed by atoms with Gasteiger partial charge in [0.25, 0.3) is 0 Å². The van der Waals surface area contributed by atoms with Gasteiger partial charge in [-0.1, -0.05) is 25.4 Å². The van der Waals surface area contributed by atoms with Gasteiger partial charge in [-0.2, -0.15) is 0 Å². The normalized spacial score (nSPS) is 12.7. The monoisotopic (exact) mass is 284 g/mol. The maximum atomic E-state index is 6.06. The van der Waals surface area contributed by atoms with Crippen molar-refractivity contribution in [1.29, 1.82) is 0 Å². The van der Waals surface area contributed by atoms with Crippen molar-refractivity contribution in [2.75, 3.05) is 33.3 Å². The van der Waals surface area contributed by atoms with Crippen molar-refractivity contribution in [3.63, 3.8) is 0 Å². The number of halogens is 1. The fraction of sp³-hybridized carbons (Fsp3) is 0.600. The van der Waals surface area contributed by atoms with E-state index in [4.69, 9.17) is 16.3 Å². The third kappa shape index (κ3) is 5.01. The predicted molar refractivity (Wildman–Crippen MR) is 82.2 cm³/mol. The Kier molecular flexibility index (Phi) is 7.21. The van der Waals surface area contributed by atoms with Crippen LogP contribution in [0.5, 0.6) is 5.75 Å². The number of nitrogens with one attached hydrogen (secondary N) is 1. The zero-order chi connectivity index (χ0) is 14.3. The van der Waals surface area contributed by atoms with Gasteiger partial charge in [-0.25, -0.2) is 0 Å². The van der Waals surface area contributed by atoms with Crippen LogP contribution in [0, 0.1) is 0 Å². The number of hydrogen-bond donors (Lipinski definition) is 1. The van der Waals surface area contributed by atoms with E-state index in [2.05, 4.69) is 31.0 Å². The van der Waals surface area contributed by atoms with E-state index in [9.17, 15) is 0 Å². The maximum absolute atomic E-state index is 6.06. The van der Waals surface area contributed by atoms with Gasteiger partial charge in [-0.15, -0.1) is 0 Å². The van der Waals surface area contributed by atoms with Crippen molar-refractivity contribution in [1.82, 2.24) is 10.2 Å². The van der Waals surface area contributed by atoms with Crippen molar-refractivity contribution in [2.24, 2.45) is 0 Å². The number of rotatable bonds is 8. The van der Waals surface area contributed by atoms with Crippen LogP contribution in [0.25, 0.3) is 0 Å². The number of nitrogens with zero attached hydrogens (tertiary/aromatic N) is 1. The molecule has 0 radical (unpaired) electrons. The van der Waals surface area contributed by atoms with Gasteiger partial charge in [-0.05, 0) is 45.3 Å². The van der Waals surface area contributed by atoms with Crippen LogP contribution < -0.4 is 10.1 Å². The molecule has 0 amide bonds. The van der Waals surface area contributed by atoms with E-state index < -0.39 is 0 Å². The van der Waals surface area contributed by atoms with Gasteiger partial charge in [0.1, 0.15) is 12.4 Å². The third-order valence-electron chi connectivity index (χ3n) is 3.43. The van der Waals surface area contributed by atoms with E-state index in [0.29, 0.717) is 6.61 Å². The first kappa shape index (κ1) is 16.3. The average molecular weight is 285 g/mol. The molecule has 0 fully saturated rings. The predicted octanol–water partition coefficient (Wildman–Crippen LogP) is 3.34. The van der Waals surface area contributed by atoms with Crippen molar-refractivity contribution >= 4 is 11.6 Å². The molecular weight excluding hydrogens is 260 g/mol. The second-order valence-electron chi connectivity index (χ2n) is 4.57. The quantitative estimate of drug-likeness (QED) is 0.792. The standard InChI is InChI=1S/C15H25ClN2O/c1-5-18(6-2)9-10-19-15-8-7-13(16)11-14(15)12(3)17-4/h7-8,11-12,17H,5-6,9-10H2,1-4H3. The molecule has 0 aliphatic rings. The average Bonchev–Trinajstić information content (AvgIpc) is 2.44. The molecule has 3 nitrogen and oxygen atoms in total. The summed E-state index contributed by atoms with van der Waals surface area (Å²) in [5, 5.41) is 3.97. The van der Waals surface area contributed by atoms with Crippen LogP contribution in [0.2, 0.25) is 5.02 Å². The van der Waals surface area contributed by atoms with E-state index in [0.717, 1.165) is 36.0 Å². The second kappa shape index (κ2) is 8.41. The summed E-state index contributed by atoms with van der Waals surface area (Å²) in [7, 11) is 1.94. The first-order valence-electron chi connectivity index (χ1n) is 6.94. The Morgan fingerprint density at radius 1 is 1.32 bits per heavy atom. The van der Waals surface area contributed by atoms with E-state index in [1.807, 2.05) is 25.2 Å². The minimum Gasteiger partial charge on any atom is -0.492 e. The van der Waals surface area contributed by atoms with Crippen LogP contribution in [-0.2, 0) is 0 Å². The van der Waals surface area contributed by atoms with Crippen molar-refractivity contribution in [2.45, 2.75) is 26.8 Å². The van der Waals surface area contributed by atoms with E-state index in [1.165, 1.54) is 0 Å². The lowest BCUT2D eigenvalue weighted by Crippen LogP contribution is -2.28. The highest BCUT2D eigenvalue weighted by Crippen LogP contribution is 2.28. The molecule has 1 N–H and O–H groups in total. The number of benzene rings is 1. The zero-order valence-electron chi connectivity index (χ0n) is 12.4. The molecule has 0 heterocycles. The Bertz CT molecular complexity index is 380. The van der Waals surface area contributed by atoms with Crippen molar-refractivity contribution < 1.29 is 4.74 Å². The van der Waals surface area contributed by atoms with Gasteiger partial charge >= 0.3 is 0 Å². The number of hydrogen-bond acceptors (Lipinski definition) is 3. The van der Waals surface area contributed by atoms with Gasteiger partial charge < -0.3 is 15.0 Å². The van der Waals surface area contributed by atoms with Gasteiger partial charge in [-0.3, -0.25) is 0 Å². The molecule has 0 bridgehead atoms. The lowest BCUT2D eigenvalue weighted by atomic mass is 10.1. The van der Waals surface area contributed by atoms with Crippen molar-refractivity contribution in [3.05, 3.63) is 28.8 Å². The molecule has 0 aromatic heterocycles. The van der Waals surface area contributed by atoms with Crippen LogP contribution in [0.1, 0.15) is 32.4 Å². The number of likely N-dealkylation sites (N-methyl/N-ethyl adjacent to an activating group) is 1. The topological polar surface area (TPSA) is 24.5 Å². The fourth-order valence-electron chi connectivity index (χ4n) is 1.97. The summed E-state index contributed by atoms with van der Waals surface area (Å²) in [6.07, 6.45) is 0. The molecule has 108 valence electrons. The zero-order valence-corrected chi connectivity index (χ0v) is 13.1. The highest BCUT2D eigenvalue weighted by Gasteiger charge is 2.11. The summed E-state index contributed by atoms with van der Waals surface area (Å²) in [4.78, 5) is 2.34. The summed E-state index contributed by atoms with van der Waals surface area (Å²) < 4.78 is 5.91.